The van der Waals surface area contributed by atoms with E-state index in [9.17, 15) is 4.79 Å². The van der Waals surface area contributed by atoms with Gasteiger partial charge >= 0.3 is 0 Å². The highest BCUT2D eigenvalue weighted by Crippen LogP contribution is 2.26. The number of carbonyl (C=O) groups excluding carboxylic acids is 1. The van der Waals surface area contributed by atoms with E-state index in [1.807, 2.05) is 11.5 Å². The van der Waals surface area contributed by atoms with Crippen molar-refractivity contribution in [3.05, 3.63) is 30.1 Å². The smallest absolute Gasteiger partial charge is 0.191 e. The van der Waals surface area contributed by atoms with Crippen LogP contribution in [-0.4, -0.2) is 40.5 Å². The molecule has 0 N–H and O–H groups in total. The second-order valence-corrected chi connectivity index (χ2v) is 5.12. The molecule has 0 saturated heterocycles. The molecular formula is C14H17N3O3S. The summed E-state index contributed by atoms with van der Waals surface area (Å²) in [6, 6.07) is 5.16. The van der Waals surface area contributed by atoms with Gasteiger partial charge in [0.15, 0.2) is 10.9 Å². The molecule has 0 aliphatic carbocycles. The van der Waals surface area contributed by atoms with Crippen LogP contribution < -0.4 is 9.47 Å². The summed E-state index contributed by atoms with van der Waals surface area (Å²) in [5, 5.41) is 8.57. The fourth-order valence-corrected chi connectivity index (χ4v) is 2.67. The molecule has 0 spiro atoms. The van der Waals surface area contributed by atoms with E-state index in [4.69, 9.17) is 9.47 Å². The highest BCUT2D eigenvalue weighted by Gasteiger charge is 2.15. The van der Waals surface area contributed by atoms with Gasteiger partial charge in [0.2, 0.25) is 0 Å². The number of aryl methyl sites for hydroxylation is 1. The second kappa shape index (κ2) is 7.12. The van der Waals surface area contributed by atoms with E-state index in [0.717, 1.165) is 11.7 Å². The molecule has 0 fully saturated rings. The molecule has 7 heteroatoms. The Morgan fingerprint density at radius 2 is 2.14 bits per heavy atom. The number of hydrogen-bond acceptors (Lipinski definition) is 6. The highest BCUT2D eigenvalue weighted by molar-refractivity contribution is 7.99. The fourth-order valence-electron chi connectivity index (χ4n) is 1.81. The van der Waals surface area contributed by atoms with Crippen molar-refractivity contribution in [2.24, 2.45) is 0 Å². The number of hydrogen-bond donors (Lipinski definition) is 0. The van der Waals surface area contributed by atoms with Crippen LogP contribution in [0.1, 0.15) is 17.3 Å². The topological polar surface area (TPSA) is 66.2 Å². The Morgan fingerprint density at radius 3 is 2.81 bits per heavy atom. The zero-order valence-corrected chi connectivity index (χ0v) is 13.0. The van der Waals surface area contributed by atoms with E-state index in [0.29, 0.717) is 17.1 Å². The average Bonchev–Trinajstić information content (AvgIpc) is 2.99. The van der Waals surface area contributed by atoms with Crippen molar-refractivity contribution in [2.75, 3.05) is 20.0 Å². The first-order valence-electron chi connectivity index (χ1n) is 6.45. The lowest BCUT2D eigenvalue weighted by molar-refractivity contribution is 0.101. The number of methoxy groups -OCH3 is 2. The summed E-state index contributed by atoms with van der Waals surface area (Å²) in [4.78, 5) is 12.3. The molecule has 0 atom stereocenters. The van der Waals surface area contributed by atoms with E-state index < -0.39 is 0 Å². The zero-order valence-electron chi connectivity index (χ0n) is 12.2. The predicted molar refractivity (Wildman–Crippen MR) is 80.3 cm³/mol. The van der Waals surface area contributed by atoms with Gasteiger partial charge < -0.3 is 14.0 Å². The maximum atomic E-state index is 12.3. The molecule has 21 heavy (non-hydrogen) atoms. The molecule has 2 aromatic rings. The summed E-state index contributed by atoms with van der Waals surface area (Å²) in [6.07, 6.45) is 1.65. The molecule has 0 radical (unpaired) electrons. The van der Waals surface area contributed by atoms with Crippen molar-refractivity contribution in [1.29, 1.82) is 0 Å². The Morgan fingerprint density at radius 1 is 1.33 bits per heavy atom. The number of carbonyl (C=O) groups is 1. The highest BCUT2D eigenvalue weighted by atomic mass is 32.2. The summed E-state index contributed by atoms with van der Waals surface area (Å²) in [6.45, 7) is 2.77. The SMILES string of the molecule is CCn1cnnc1SCC(=O)c1ccc(OC)cc1OC. The third-order valence-electron chi connectivity index (χ3n) is 2.96. The predicted octanol–water partition coefficient (Wildman–Crippen LogP) is 2.29. The van der Waals surface area contributed by atoms with Gasteiger partial charge in [0, 0.05) is 12.6 Å². The van der Waals surface area contributed by atoms with Gasteiger partial charge in [0.05, 0.1) is 25.5 Å². The number of nitrogens with zero attached hydrogens (tertiary/aromatic N) is 3. The van der Waals surface area contributed by atoms with E-state index in [2.05, 4.69) is 10.2 Å². The Bertz CT molecular complexity index is 628. The molecule has 2 rings (SSSR count). The fraction of sp³-hybridized carbons (Fsp3) is 0.357. The molecule has 0 aliphatic heterocycles. The molecule has 0 amide bonds. The molecule has 0 aliphatic rings. The van der Waals surface area contributed by atoms with Crippen LogP contribution in [0.15, 0.2) is 29.7 Å². The summed E-state index contributed by atoms with van der Waals surface area (Å²) in [7, 11) is 3.11. The molecule has 112 valence electrons. The Balaban J connectivity index is 2.10. The molecule has 1 aromatic heterocycles. The Hall–Kier alpha value is -2.02. The van der Waals surface area contributed by atoms with E-state index in [1.165, 1.54) is 18.9 Å². The number of thioether (sulfide) groups is 1. The molecule has 1 heterocycles. The van der Waals surface area contributed by atoms with Gasteiger partial charge in [-0.2, -0.15) is 0 Å². The lowest BCUT2D eigenvalue weighted by Crippen LogP contribution is -2.06. The quantitative estimate of drug-likeness (QED) is 0.577. The monoisotopic (exact) mass is 307 g/mol. The number of ether oxygens (including phenoxy) is 2. The lowest BCUT2D eigenvalue weighted by Gasteiger charge is -2.09. The number of ketones is 1. The molecular weight excluding hydrogens is 290 g/mol. The van der Waals surface area contributed by atoms with Crippen molar-refractivity contribution >= 4 is 17.5 Å². The molecule has 0 saturated carbocycles. The minimum Gasteiger partial charge on any atom is -0.497 e. The first-order valence-corrected chi connectivity index (χ1v) is 7.44. The maximum Gasteiger partial charge on any atom is 0.191 e. The molecule has 6 nitrogen and oxygen atoms in total. The van der Waals surface area contributed by atoms with Gasteiger partial charge in [-0.05, 0) is 19.1 Å². The van der Waals surface area contributed by atoms with Crippen LogP contribution in [0.2, 0.25) is 0 Å². The van der Waals surface area contributed by atoms with Crippen LogP contribution in [-0.2, 0) is 6.54 Å². The van der Waals surface area contributed by atoms with Gasteiger partial charge in [-0.3, -0.25) is 4.79 Å². The summed E-state index contributed by atoms with van der Waals surface area (Å²) >= 11 is 1.36. The third-order valence-corrected chi connectivity index (χ3v) is 3.94. The van der Waals surface area contributed by atoms with Crippen LogP contribution >= 0.6 is 11.8 Å². The van der Waals surface area contributed by atoms with Crippen LogP contribution in [0.4, 0.5) is 0 Å². The van der Waals surface area contributed by atoms with Gasteiger partial charge in [0.1, 0.15) is 17.8 Å². The summed E-state index contributed by atoms with van der Waals surface area (Å²) < 4.78 is 12.3. The first kappa shape index (κ1) is 15.4. The van der Waals surface area contributed by atoms with Crippen molar-refractivity contribution in [2.45, 2.75) is 18.6 Å². The normalized spacial score (nSPS) is 10.4. The second-order valence-electron chi connectivity index (χ2n) is 4.18. The van der Waals surface area contributed by atoms with Crippen LogP contribution in [0.25, 0.3) is 0 Å². The Labute approximate surface area is 127 Å². The zero-order chi connectivity index (χ0) is 15.2. The average molecular weight is 307 g/mol. The minimum absolute atomic E-state index is 0.0230. The van der Waals surface area contributed by atoms with Crippen LogP contribution in [0.3, 0.4) is 0 Å². The third kappa shape index (κ3) is 3.55. The number of rotatable bonds is 7. The van der Waals surface area contributed by atoms with Crippen molar-refractivity contribution in [1.82, 2.24) is 14.8 Å². The van der Waals surface area contributed by atoms with Gasteiger partial charge in [-0.25, -0.2) is 0 Å². The van der Waals surface area contributed by atoms with Gasteiger partial charge in [-0.15, -0.1) is 10.2 Å². The minimum atomic E-state index is -0.0230. The molecule has 1 aromatic carbocycles. The van der Waals surface area contributed by atoms with Crippen LogP contribution in [0.5, 0.6) is 11.5 Å². The van der Waals surface area contributed by atoms with Crippen LogP contribution in [0, 0.1) is 0 Å². The largest absolute Gasteiger partial charge is 0.497 e. The van der Waals surface area contributed by atoms with Gasteiger partial charge in [0.25, 0.3) is 0 Å². The maximum absolute atomic E-state index is 12.3. The van der Waals surface area contributed by atoms with Crippen molar-refractivity contribution in [3.8, 4) is 11.5 Å². The summed E-state index contributed by atoms with van der Waals surface area (Å²) in [5.74, 6) is 1.42. The first-order chi connectivity index (χ1) is 10.2. The number of aromatic nitrogens is 3. The Kier molecular flexibility index (Phi) is 5.21. The lowest BCUT2D eigenvalue weighted by atomic mass is 10.1. The van der Waals surface area contributed by atoms with Crippen molar-refractivity contribution < 1.29 is 14.3 Å². The molecule has 0 bridgehead atoms. The number of benzene rings is 1. The van der Waals surface area contributed by atoms with E-state index in [1.54, 1.807) is 31.6 Å². The summed E-state index contributed by atoms with van der Waals surface area (Å²) in [5.41, 5.74) is 0.536. The standard InChI is InChI=1S/C14H17N3O3S/c1-4-17-9-15-16-14(17)21-8-12(18)11-6-5-10(19-2)7-13(11)20-3/h5-7,9H,4,8H2,1-3H3. The van der Waals surface area contributed by atoms with E-state index in [-0.39, 0.29) is 11.5 Å². The molecule has 0 unspecified atom stereocenters. The van der Waals surface area contributed by atoms with E-state index >= 15 is 0 Å². The van der Waals surface area contributed by atoms with Gasteiger partial charge in [-0.1, -0.05) is 11.8 Å². The van der Waals surface area contributed by atoms with Crippen molar-refractivity contribution in [3.63, 3.8) is 0 Å². The number of Topliss-reactive ketones (excluding diaryl/α,β-unsaturated/α-hetero) is 1.